The summed E-state index contributed by atoms with van der Waals surface area (Å²) in [5.41, 5.74) is 0.233. The zero-order valence-electron chi connectivity index (χ0n) is 12.6. The predicted octanol–water partition coefficient (Wildman–Crippen LogP) is 4.53. The summed E-state index contributed by atoms with van der Waals surface area (Å²) in [7, 11) is 0. The Balaban J connectivity index is 2.12. The second-order valence-corrected chi connectivity index (χ2v) is 6.08. The molecule has 0 aromatic heterocycles. The lowest BCUT2D eigenvalue weighted by Gasteiger charge is -2.42. The summed E-state index contributed by atoms with van der Waals surface area (Å²) in [5, 5.41) is 0. The molecule has 0 aromatic rings. The van der Waals surface area contributed by atoms with Crippen molar-refractivity contribution in [3.05, 3.63) is 24.7 Å². The standard InChI is InChI=1S/C17H28O2/c1-4-9-18-12-17(13-19-10-5-2)15-8-7-14(11-15)16(17)6-3/h4-5,9-10,14-16H,6-8,11-13H2,1-3H3. The van der Waals surface area contributed by atoms with Crippen molar-refractivity contribution in [2.45, 2.75) is 46.5 Å². The lowest BCUT2D eigenvalue weighted by molar-refractivity contribution is -0.0453. The van der Waals surface area contributed by atoms with E-state index in [9.17, 15) is 0 Å². The first kappa shape index (κ1) is 14.5. The van der Waals surface area contributed by atoms with Gasteiger partial charge in [-0.05, 0) is 50.9 Å². The van der Waals surface area contributed by atoms with E-state index in [0.717, 1.165) is 31.0 Å². The van der Waals surface area contributed by atoms with Crippen LogP contribution in [0, 0.1) is 23.2 Å². The van der Waals surface area contributed by atoms with Crippen molar-refractivity contribution >= 4 is 0 Å². The molecule has 3 atom stereocenters. The first-order valence-corrected chi connectivity index (χ1v) is 7.74. The Kier molecular flexibility index (Phi) is 4.95. The maximum atomic E-state index is 5.80. The van der Waals surface area contributed by atoms with Gasteiger partial charge in [-0.15, -0.1) is 0 Å². The van der Waals surface area contributed by atoms with E-state index in [1.54, 1.807) is 0 Å². The topological polar surface area (TPSA) is 18.5 Å². The van der Waals surface area contributed by atoms with Crippen molar-refractivity contribution in [3.8, 4) is 0 Å². The van der Waals surface area contributed by atoms with Crippen molar-refractivity contribution in [3.63, 3.8) is 0 Å². The minimum Gasteiger partial charge on any atom is -0.501 e. The largest absolute Gasteiger partial charge is 0.501 e. The second-order valence-electron chi connectivity index (χ2n) is 6.08. The van der Waals surface area contributed by atoms with E-state index in [0.29, 0.717) is 0 Å². The Bertz CT molecular complexity index is 316. The number of rotatable bonds is 7. The highest BCUT2D eigenvalue weighted by Gasteiger charge is 2.58. The van der Waals surface area contributed by atoms with E-state index in [2.05, 4.69) is 6.92 Å². The van der Waals surface area contributed by atoms with Gasteiger partial charge in [0, 0.05) is 5.41 Å². The third-order valence-corrected chi connectivity index (χ3v) is 5.20. The van der Waals surface area contributed by atoms with E-state index in [4.69, 9.17) is 9.47 Å². The van der Waals surface area contributed by atoms with Crippen molar-refractivity contribution < 1.29 is 9.47 Å². The number of hydrogen-bond acceptors (Lipinski definition) is 2. The summed E-state index contributed by atoms with van der Waals surface area (Å²) in [6.45, 7) is 7.96. The summed E-state index contributed by atoms with van der Waals surface area (Å²) < 4.78 is 11.6. The third kappa shape index (κ3) is 2.68. The molecule has 0 radical (unpaired) electrons. The third-order valence-electron chi connectivity index (χ3n) is 5.20. The molecular weight excluding hydrogens is 236 g/mol. The van der Waals surface area contributed by atoms with E-state index >= 15 is 0 Å². The van der Waals surface area contributed by atoms with Gasteiger partial charge in [0.05, 0.1) is 25.7 Å². The molecular formula is C17H28O2. The molecule has 2 aliphatic rings. The second kappa shape index (κ2) is 6.49. The van der Waals surface area contributed by atoms with Crippen molar-refractivity contribution in [1.29, 1.82) is 0 Å². The molecule has 2 rings (SSSR count). The zero-order valence-corrected chi connectivity index (χ0v) is 12.6. The van der Waals surface area contributed by atoms with Crippen LogP contribution in [-0.2, 0) is 9.47 Å². The molecule has 0 N–H and O–H groups in total. The summed E-state index contributed by atoms with van der Waals surface area (Å²) in [4.78, 5) is 0. The van der Waals surface area contributed by atoms with E-state index in [1.807, 2.05) is 38.5 Å². The van der Waals surface area contributed by atoms with Crippen LogP contribution >= 0.6 is 0 Å². The highest BCUT2D eigenvalue weighted by molar-refractivity contribution is 5.06. The normalized spacial score (nSPS) is 37.5. The van der Waals surface area contributed by atoms with Gasteiger partial charge in [-0.2, -0.15) is 0 Å². The molecule has 0 saturated heterocycles. The van der Waals surface area contributed by atoms with Gasteiger partial charge in [-0.25, -0.2) is 0 Å². The number of hydrogen-bond donors (Lipinski definition) is 0. The monoisotopic (exact) mass is 264 g/mol. The molecule has 2 aliphatic carbocycles. The van der Waals surface area contributed by atoms with Crippen molar-refractivity contribution in [1.82, 2.24) is 0 Å². The molecule has 0 aliphatic heterocycles. The molecule has 108 valence electrons. The smallest absolute Gasteiger partial charge is 0.0967 e. The van der Waals surface area contributed by atoms with Crippen molar-refractivity contribution in [2.75, 3.05) is 13.2 Å². The Labute approximate surface area is 117 Å². The maximum Gasteiger partial charge on any atom is 0.0967 e. The fourth-order valence-electron chi connectivity index (χ4n) is 4.51. The van der Waals surface area contributed by atoms with Crippen LogP contribution in [0.4, 0.5) is 0 Å². The quantitative estimate of drug-likeness (QED) is 0.629. The van der Waals surface area contributed by atoms with E-state index in [1.165, 1.54) is 25.7 Å². The van der Waals surface area contributed by atoms with Gasteiger partial charge in [0.1, 0.15) is 0 Å². The summed E-state index contributed by atoms with van der Waals surface area (Å²) in [5.74, 6) is 2.46. The van der Waals surface area contributed by atoms with Crippen LogP contribution in [0.15, 0.2) is 24.7 Å². The van der Waals surface area contributed by atoms with E-state index in [-0.39, 0.29) is 5.41 Å². The number of allylic oxidation sites excluding steroid dienone is 2. The van der Waals surface area contributed by atoms with Crippen LogP contribution < -0.4 is 0 Å². The molecule has 2 heteroatoms. The van der Waals surface area contributed by atoms with Gasteiger partial charge >= 0.3 is 0 Å². The fraction of sp³-hybridized carbons (Fsp3) is 0.765. The Hall–Kier alpha value is -0.920. The van der Waals surface area contributed by atoms with Crippen LogP contribution in [0.1, 0.15) is 46.5 Å². The van der Waals surface area contributed by atoms with Crippen LogP contribution in [0.5, 0.6) is 0 Å². The van der Waals surface area contributed by atoms with Gasteiger partial charge in [0.2, 0.25) is 0 Å². The van der Waals surface area contributed by atoms with Gasteiger partial charge in [-0.1, -0.05) is 25.5 Å². The number of ether oxygens (including phenoxy) is 2. The number of fused-ring (bicyclic) bond motifs is 2. The van der Waals surface area contributed by atoms with Crippen LogP contribution in [0.25, 0.3) is 0 Å². The Morgan fingerprint density at radius 1 is 1.05 bits per heavy atom. The van der Waals surface area contributed by atoms with Crippen LogP contribution in [0.3, 0.4) is 0 Å². The zero-order chi connectivity index (χ0) is 13.7. The average molecular weight is 264 g/mol. The summed E-state index contributed by atoms with van der Waals surface area (Å²) in [6.07, 6.45) is 13.0. The first-order valence-electron chi connectivity index (χ1n) is 7.74. The SMILES string of the molecule is CC=COCC1(COC=CC)C2CCC(C2)C1CC. The Morgan fingerprint density at radius 2 is 1.68 bits per heavy atom. The lowest BCUT2D eigenvalue weighted by Crippen LogP contribution is -2.43. The minimum absolute atomic E-state index is 0.233. The summed E-state index contributed by atoms with van der Waals surface area (Å²) >= 11 is 0. The maximum absolute atomic E-state index is 5.80. The van der Waals surface area contributed by atoms with Crippen molar-refractivity contribution in [2.24, 2.45) is 23.2 Å². The molecule has 2 nitrogen and oxygen atoms in total. The molecule has 0 spiro atoms. The molecule has 3 unspecified atom stereocenters. The molecule has 0 heterocycles. The molecule has 2 bridgehead atoms. The summed E-state index contributed by atoms with van der Waals surface area (Å²) in [6, 6.07) is 0. The highest BCUT2D eigenvalue weighted by Crippen LogP contribution is 2.61. The van der Waals surface area contributed by atoms with Gasteiger partial charge < -0.3 is 9.47 Å². The molecule has 2 fully saturated rings. The molecule has 0 amide bonds. The fourth-order valence-corrected chi connectivity index (χ4v) is 4.51. The minimum atomic E-state index is 0.233. The first-order chi connectivity index (χ1) is 9.28. The molecule has 19 heavy (non-hydrogen) atoms. The molecule has 0 aromatic carbocycles. The van der Waals surface area contributed by atoms with Gasteiger partial charge in [-0.3, -0.25) is 0 Å². The van der Waals surface area contributed by atoms with E-state index < -0.39 is 0 Å². The van der Waals surface area contributed by atoms with Gasteiger partial charge in [0.25, 0.3) is 0 Å². The Morgan fingerprint density at radius 3 is 2.21 bits per heavy atom. The van der Waals surface area contributed by atoms with Crippen LogP contribution in [-0.4, -0.2) is 13.2 Å². The predicted molar refractivity (Wildman–Crippen MR) is 78.6 cm³/mol. The highest BCUT2D eigenvalue weighted by atomic mass is 16.5. The van der Waals surface area contributed by atoms with Gasteiger partial charge in [0.15, 0.2) is 0 Å². The average Bonchev–Trinajstić information content (AvgIpc) is 2.99. The molecule has 2 saturated carbocycles. The van der Waals surface area contributed by atoms with Crippen LogP contribution in [0.2, 0.25) is 0 Å². The lowest BCUT2D eigenvalue weighted by atomic mass is 9.66.